The summed E-state index contributed by atoms with van der Waals surface area (Å²) in [5, 5.41) is 7.82. The van der Waals surface area contributed by atoms with Gasteiger partial charge in [-0.2, -0.15) is 0 Å². The molecule has 0 spiro atoms. The van der Waals surface area contributed by atoms with Gasteiger partial charge in [0.05, 0.1) is 13.8 Å². The van der Waals surface area contributed by atoms with Crippen molar-refractivity contribution in [2.75, 3.05) is 6.61 Å². The van der Waals surface area contributed by atoms with Crippen LogP contribution in [0, 0.1) is 0 Å². The number of carbonyl (C=O) groups is 1. The standard InChI is InChI=1S/C12H16Br2N2O4S/c1-12(2,3)16-10(17)6-20-11-8(13)4-7(5-9(11)14)21(15,18)19/h4-5H,6H2,1-3H3,(H,16,17)(H2,15,18,19). The molecule has 0 radical (unpaired) electrons. The summed E-state index contributed by atoms with van der Waals surface area (Å²) in [6.45, 7) is 5.39. The van der Waals surface area contributed by atoms with Gasteiger partial charge in [-0.15, -0.1) is 0 Å². The van der Waals surface area contributed by atoms with Gasteiger partial charge in [0.2, 0.25) is 10.0 Å². The van der Waals surface area contributed by atoms with Gasteiger partial charge in [-0.3, -0.25) is 4.79 Å². The maximum atomic E-state index is 11.7. The maximum absolute atomic E-state index is 11.7. The first-order valence-corrected chi connectivity index (χ1v) is 8.99. The van der Waals surface area contributed by atoms with Gasteiger partial charge in [-0.25, -0.2) is 13.6 Å². The van der Waals surface area contributed by atoms with E-state index < -0.39 is 10.0 Å². The van der Waals surface area contributed by atoms with E-state index >= 15 is 0 Å². The monoisotopic (exact) mass is 442 g/mol. The number of rotatable bonds is 4. The summed E-state index contributed by atoms with van der Waals surface area (Å²) in [7, 11) is -3.81. The van der Waals surface area contributed by atoms with Gasteiger partial charge in [-0.1, -0.05) is 0 Å². The molecule has 1 rings (SSSR count). The molecule has 21 heavy (non-hydrogen) atoms. The molecule has 1 amide bonds. The number of nitrogens with one attached hydrogen (secondary N) is 1. The van der Waals surface area contributed by atoms with Crippen molar-refractivity contribution in [3.63, 3.8) is 0 Å². The fraction of sp³-hybridized carbons (Fsp3) is 0.417. The normalized spacial score (nSPS) is 12.1. The van der Waals surface area contributed by atoms with Gasteiger partial charge in [0.1, 0.15) is 5.75 Å². The molecule has 3 N–H and O–H groups in total. The molecule has 118 valence electrons. The number of hydrogen-bond donors (Lipinski definition) is 2. The van der Waals surface area contributed by atoms with E-state index in [4.69, 9.17) is 9.88 Å². The third-order valence-corrected chi connectivity index (χ3v) is 4.23. The van der Waals surface area contributed by atoms with E-state index in [1.54, 1.807) is 0 Å². The predicted molar refractivity (Wildman–Crippen MR) is 86.6 cm³/mol. The van der Waals surface area contributed by atoms with Crippen molar-refractivity contribution in [3.05, 3.63) is 21.1 Å². The first-order valence-electron chi connectivity index (χ1n) is 5.86. The van der Waals surface area contributed by atoms with Crippen LogP contribution in [-0.2, 0) is 14.8 Å². The zero-order valence-corrected chi connectivity index (χ0v) is 15.7. The lowest BCUT2D eigenvalue weighted by Crippen LogP contribution is -2.43. The highest BCUT2D eigenvalue weighted by Crippen LogP contribution is 2.35. The van der Waals surface area contributed by atoms with Gasteiger partial charge >= 0.3 is 0 Å². The second-order valence-corrected chi connectivity index (χ2v) is 8.62. The number of sulfonamides is 1. The molecular weight excluding hydrogens is 428 g/mol. The van der Waals surface area contributed by atoms with Crippen molar-refractivity contribution in [1.82, 2.24) is 5.32 Å². The minimum atomic E-state index is -3.81. The van der Waals surface area contributed by atoms with Gasteiger partial charge in [0.25, 0.3) is 5.91 Å². The minimum absolute atomic E-state index is 0.0623. The highest BCUT2D eigenvalue weighted by atomic mass is 79.9. The minimum Gasteiger partial charge on any atom is -0.481 e. The van der Waals surface area contributed by atoms with Crippen LogP contribution in [0.5, 0.6) is 5.75 Å². The second kappa shape index (κ2) is 6.64. The second-order valence-electron chi connectivity index (χ2n) is 5.35. The number of carbonyl (C=O) groups excluding carboxylic acids is 1. The lowest BCUT2D eigenvalue weighted by molar-refractivity contribution is -0.124. The third kappa shape index (κ3) is 5.93. The van der Waals surface area contributed by atoms with Crippen LogP contribution in [0.3, 0.4) is 0 Å². The van der Waals surface area contributed by atoms with E-state index in [-0.39, 0.29) is 22.9 Å². The zero-order chi connectivity index (χ0) is 16.4. The van der Waals surface area contributed by atoms with Gasteiger partial charge in [0.15, 0.2) is 6.61 Å². The number of primary sulfonamides is 1. The van der Waals surface area contributed by atoms with Crippen LogP contribution in [-0.4, -0.2) is 26.5 Å². The largest absolute Gasteiger partial charge is 0.481 e. The molecule has 6 nitrogen and oxygen atoms in total. The molecule has 0 aliphatic rings. The lowest BCUT2D eigenvalue weighted by atomic mass is 10.1. The van der Waals surface area contributed by atoms with Crippen LogP contribution in [0.25, 0.3) is 0 Å². The van der Waals surface area contributed by atoms with Crippen LogP contribution in [0.1, 0.15) is 20.8 Å². The van der Waals surface area contributed by atoms with E-state index in [0.717, 1.165) is 0 Å². The van der Waals surface area contributed by atoms with E-state index in [2.05, 4.69) is 37.2 Å². The van der Waals surface area contributed by atoms with E-state index in [0.29, 0.717) is 14.7 Å². The first-order chi connectivity index (χ1) is 9.40. The Kier molecular flexibility index (Phi) is 5.82. The maximum Gasteiger partial charge on any atom is 0.258 e. The highest BCUT2D eigenvalue weighted by Gasteiger charge is 2.18. The van der Waals surface area contributed by atoms with Crippen LogP contribution in [0.4, 0.5) is 0 Å². The Hall–Kier alpha value is -0.640. The number of benzene rings is 1. The van der Waals surface area contributed by atoms with Crippen LogP contribution in [0.15, 0.2) is 26.0 Å². The molecular formula is C12H16Br2N2O4S. The fourth-order valence-corrected chi connectivity index (χ4v) is 3.71. The summed E-state index contributed by atoms with van der Waals surface area (Å²) < 4.78 is 28.8. The highest BCUT2D eigenvalue weighted by molar-refractivity contribution is 9.11. The Labute approximate surface area is 140 Å². The Morgan fingerprint density at radius 3 is 2.14 bits per heavy atom. The smallest absolute Gasteiger partial charge is 0.258 e. The molecule has 0 aliphatic heterocycles. The Balaban J connectivity index is 2.89. The molecule has 0 fully saturated rings. The van der Waals surface area contributed by atoms with E-state index in [9.17, 15) is 13.2 Å². The SMILES string of the molecule is CC(C)(C)NC(=O)COc1c(Br)cc(S(N)(=O)=O)cc1Br. The fourth-order valence-electron chi connectivity index (χ4n) is 1.43. The van der Waals surface area contributed by atoms with Crippen LogP contribution >= 0.6 is 31.9 Å². The molecule has 0 heterocycles. The summed E-state index contributed by atoms with van der Waals surface area (Å²) in [5.74, 6) is 0.0447. The average molecular weight is 444 g/mol. The Morgan fingerprint density at radius 2 is 1.76 bits per heavy atom. The molecule has 0 aromatic heterocycles. The number of halogens is 2. The van der Waals surface area contributed by atoms with Crippen molar-refractivity contribution in [3.8, 4) is 5.75 Å². The molecule has 0 aliphatic carbocycles. The number of nitrogens with two attached hydrogens (primary N) is 1. The zero-order valence-electron chi connectivity index (χ0n) is 11.7. The predicted octanol–water partition coefficient (Wildman–Crippen LogP) is 2.15. The number of ether oxygens (including phenoxy) is 1. The van der Waals surface area contributed by atoms with Gasteiger partial charge in [0, 0.05) is 5.54 Å². The average Bonchev–Trinajstić information content (AvgIpc) is 2.23. The van der Waals surface area contributed by atoms with Crippen molar-refractivity contribution in [2.24, 2.45) is 5.14 Å². The molecule has 0 unspecified atom stereocenters. The Bertz CT molecular complexity index is 631. The molecule has 1 aromatic carbocycles. The summed E-state index contributed by atoms with van der Waals surface area (Å²) in [5.41, 5.74) is -0.355. The molecule has 1 aromatic rings. The molecule has 0 bridgehead atoms. The summed E-state index contributed by atoms with van der Waals surface area (Å²) >= 11 is 6.39. The van der Waals surface area contributed by atoms with E-state index in [1.165, 1.54) is 12.1 Å². The summed E-state index contributed by atoms with van der Waals surface area (Å²) in [4.78, 5) is 11.6. The van der Waals surface area contributed by atoms with Crippen molar-refractivity contribution in [1.29, 1.82) is 0 Å². The van der Waals surface area contributed by atoms with Crippen molar-refractivity contribution < 1.29 is 17.9 Å². The third-order valence-electron chi connectivity index (χ3n) is 2.16. The van der Waals surface area contributed by atoms with Crippen LogP contribution < -0.4 is 15.2 Å². The summed E-state index contributed by atoms with van der Waals surface area (Å²) in [6.07, 6.45) is 0. The lowest BCUT2D eigenvalue weighted by Gasteiger charge is -2.20. The molecule has 9 heteroatoms. The summed E-state index contributed by atoms with van der Waals surface area (Å²) in [6, 6.07) is 2.63. The number of hydrogen-bond acceptors (Lipinski definition) is 4. The van der Waals surface area contributed by atoms with Crippen LogP contribution in [0.2, 0.25) is 0 Å². The quantitative estimate of drug-likeness (QED) is 0.744. The molecule has 0 saturated carbocycles. The van der Waals surface area contributed by atoms with Crippen molar-refractivity contribution in [2.45, 2.75) is 31.2 Å². The first kappa shape index (κ1) is 18.4. The van der Waals surface area contributed by atoms with Gasteiger partial charge < -0.3 is 10.1 Å². The van der Waals surface area contributed by atoms with Crippen molar-refractivity contribution >= 4 is 47.8 Å². The van der Waals surface area contributed by atoms with Gasteiger partial charge in [-0.05, 0) is 64.8 Å². The molecule has 0 saturated heterocycles. The Morgan fingerprint density at radius 1 is 1.29 bits per heavy atom. The van der Waals surface area contributed by atoms with E-state index in [1.807, 2.05) is 20.8 Å². The topological polar surface area (TPSA) is 98.5 Å². The number of amides is 1. The molecule has 0 atom stereocenters.